The van der Waals surface area contributed by atoms with Gasteiger partial charge in [-0.2, -0.15) is 0 Å². The molecule has 0 fully saturated rings. The Kier molecular flexibility index (Phi) is 2.76. The summed E-state index contributed by atoms with van der Waals surface area (Å²) in [6.45, 7) is 0. The molecule has 5 rings (SSSR count). The smallest absolute Gasteiger partial charge is 0.0979 e. The van der Waals surface area contributed by atoms with Gasteiger partial charge in [-0.15, -0.1) is 0 Å². The maximum atomic E-state index is 11.1. The largest absolute Gasteiger partial charge is 0.545 e. The molecule has 4 aromatic carbocycles. The van der Waals surface area contributed by atoms with E-state index in [0.717, 1.165) is 32.6 Å². The first-order valence-electron chi connectivity index (χ1n) is 7.95. The minimum absolute atomic E-state index is 0.103. The van der Waals surface area contributed by atoms with Crippen molar-refractivity contribution in [2.75, 3.05) is 0 Å². The maximum absolute atomic E-state index is 11.1. The Hall–Kier alpha value is -3.53. The number of carboxylic acid groups (broad SMARTS) is 1. The van der Waals surface area contributed by atoms with Crippen LogP contribution in [0.2, 0.25) is 0 Å². The van der Waals surface area contributed by atoms with Crippen LogP contribution in [0.5, 0.6) is 0 Å². The van der Waals surface area contributed by atoms with Crippen molar-refractivity contribution in [2.45, 2.75) is 0 Å². The van der Waals surface area contributed by atoms with Crippen molar-refractivity contribution in [1.82, 2.24) is 9.97 Å². The molecule has 0 aliphatic rings. The Morgan fingerprint density at radius 3 is 1.76 bits per heavy atom. The van der Waals surface area contributed by atoms with Gasteiger partial charge in [-0.3, -0.25) is 0 Å². The third-order valence-electron chi connectivity index (χ3n) is 4.55. The van der Waals surface area contributed by atoms with E-state index in [1.54, 1.807) is 6.07 Å². The van der Waals surface area contributed by atoms with Crippen LogP contribution in [0.1, 0.15) is 10.4 Å². The molecule has 0 saturated carbocycles. The summed E-state index contributed by atoms with van der Waals surface area (Å²) in [6, 6.07) is 20.9. The van der Waals surface area contributed by atoms with Crippen molar-refractivity contribution < 1.29 is 9.90 Å². The zero-order chi connectivity index (χ0) is 17.0. The number of aromatic carboxylic acids is 1. The molecule has 4 nitrogen and oxygen atoms in total. The number of aromatic nitrogens is 2. The van der Waals surface area contributed by atoms with E-state index in [-0.39, 0.29) is 5.56 Å². The lowest BCUT2D eigenvalue weighted by Crippen LogP contribution is -2.22. The summed E-state index contributed by atoms with van der Waals surface area (Å²) in [4.78, 5) is 20.7. The molecule has 1 aromatic heterocycles. The fraction of sp³-hybridized carbons (Fsp3) is 0. The number of fused-ring (bicyclic) bond motifs is 7. The van der Waals surface area contributed by atoms with Crippen LogP contribution in [0, 0.1) is 0 Å². The molecule has 25 heavy (non-hydrogen) atoms. The van der Waals surface area contributed by atoms with Gasteiger partial charge < -0.3 is 9.90 Å². The quantitative estimate of drug-likeness (QED) is 0.350. The number of carbonyl (C=O) groups is 1. The van der Waals surface area contributed by atoms with E-state index >= 15 is 0 Å². The lowest BCUT2D eigenvalue weighted by atomic mass is 9.99. The molecule has 0 spiro atoms. The number of nitrogens with zero attached hydrogens (tertiary/aromatic N) is 2. The SMILES string of the molecule is O=C([O-])c1ccc2nc3c4ccccc4c4ccccc4c3nc2c1. The van der Waals surface area contributed by atoms with Gasteiger partial charge in [0.15, 0.2) is 0 Å². The Labute approximate surface area is 142 Å². The first-order chi connectivity index (χ1) is 12.2. The van der Waals surface area contributed by atoms with Gasteiger partial charge in [0.25, 0.3) is 0 Å². The van der Waals surface area contributed by atoms with Gasteiger partial charge in [-0.25, -0.2) is 9.97 Å². The Morgan fingerprint density at radius 1 is 0.680 bits per heavy atom. The third-order valence-corrected chi connectivity index (χ3v) is 4.55. The van der Waals surface area contributed by atoms with Crippen LogP contribution in [0.25, 0.3) is 43.6 Å². The van der Waals surface area contributed by atoms with Crippen LogP contribution in [0.4, 0.5) is 0 Å². The van der Waals surface area contributed by atoms with Crippen molar-refractivity contribution in [3.63, 3.8) is 0 Å². The predicted molar refractivity (Wildman–Crippen MR) is 96.4 cm³/mol. The second-order valence-electron chi connectivity index (χ2n) is 6.00. The summed E-state index contributed by atoms with van der Waals surface area (Å²) in [5.41, 5.74) is 2.92. The van der Waals surface area contributed by atoms with Crippen molar-refractivity contribution in [3.05, 3.63) is 72.3 Å². The monoisotopic (exact) mass is 323 g/mol. The average molecular weight is 323 g/mol. The van der Waals surface area contributed by atoms with Gasteiger partial charge >= 0.3 is 0 Å². The summed E-state index contributed by atoms with van der Waals surface area (Å²) in [6.07, 6.45) is 0. The van der Waals surface area contributed by atoms with Crippen LogP contribution in [-0.2, 0) is 0 Å². The van der Waals surface area contributed by atoms with Crippen LogP contribution in [0.15, 0.2) is 66.7 Å². The van der Waals surface area contributed by atoms with Crippen LogP contribution < -0.4 is 5.11 Å². The van der Waals surface area contributed by atoms with Crippen molar-refractivity contribution >= 4 is 49.6 Å². The molecular weight excluding hydrogens is 312 g/mol. The molecule has 0 unspecified atom stereocenters. The standard InChI is InChI=1S/C21H12N2O2/c24-21(25)12-9-10-17-18(11-12)23-20-16-8-4-2-6-14(16)13-5-1-3-7-15(13)19(20)22-17/h1-11H,(H,24,25)/p-1. The van der Waals surface area contributed by atoms with Gasteiger partial charge in [0.1, 0.15) is 0 Å². The maximum Gasteiger partial charge on any atom is 0.0979 e. The Bertz CT molecular complexity index is 1330. The highest BCUT2D eigenvalue weighted by atomic mass is 16.4. The van der Waals surface area contributed by atoms with E-state index in [1.165, 1.54) is 12.1 Å². The summed E-state index contributed by atoms with van der Waals surface area (Å²) in [5.74, 6) is -1.22. The molecule has 0 atom stereocenters. The Balaban J connectivity index is 2.04. The zero-order valence-corrected chi connectivity index (χ0v) is 13.1. The highest BCUT2D eigenvalue weighted by Gasteiger charge is 2.12. The van der Waals surface area contributed by atoms with Crippen LogP contribution in [-0.4, -0.2) is 15.9 Å². The van der Waals surface area contributed by atoms with Gasteiger partial charge in [0.05, 0.1) is 28.0 Å². The van der Waals surface area contributed by atoms with Crippen molar-refractivity contribution in [1.29, 1.82) is 0 Å². The summed E-state index contributed by atoms with van der Waals surface area (Å²) >= 11 is 0. The number of carboxylic acids is 1. The molecule has 4 heteroatoms. The summed E-state index contributed by atoms with van der Waals surface area (Å²) < 4.78 is 0. The van der Waals surface area contributed by atoms with Gasteiger partial charge in [-0.1, -0.05) is 54.6 Å². The molecule has 0 saturated heterocycles. The van der Waals surface area contributed by atoms with Gasteiger partial charge in [0, 0.05) is 10.8 Å². The lowest BCUT2D eigenvalue weighted by Gasteiger charge is -2.10. The van der Waals surface area contributed by atoms with E-state index in [1.807, 2.05) is 36.4 Å². The molecule has 0 aliphatic heterocycles. The zero-order valence-electron chi connectivity index (χ0n) is 13.1. The first kappa shape index (κ1) is 13.9. The lowest BCUT2D eigenvalue weighted by molar-refractivity contribution is -0.255. The third kappa shape index (κ3) is 1.97. The normalized spacial score (nSPS) is 11.5. The number of benzene rings is 4. The van der Waals surface area contributed by atoms with Gasteiger partial charge in [-0.05, 0) is 28.5 Å². The molecule has 0 bridgehead atoms. The molecule has 0 N–H and O–H groups in total. The van der Waals surface area contributed by atoms with Crippen LogP contribution in [0.3, 0.4) is 0 Å². The molecule has 0 aliphatic carbocycles. The van der Waals surface area contributed by atoms with Crippen LogP contribution >= 0.6 is 0 Å². The minimum atomic E-state index is -1.22. The molecule has 0 amide bonds. The highest BCUT2D eigenvalue weighted by molar-refractivity contribution is 6.23. The number of hydrogen-bond acceptors (Lipinski definition) is 4. The van der Waals surface area contributed by atoms with E-state index in [9.17, 15) is 9.90 Å². The second kappa shape index (κ2) is 4.98. The molecule has 1 heterocycles. The number of rotatable bonds is 1. The topological polar surface area (TPSA) is 65.9 Å². The predicted octanol–water partition coefficient (Wildman–Crippen LogP) is 3.45. The van der Waals surface area contributed by atoms with E-state index in [2.05, 4.69) is 12.1 Å². The fourth-order valence-corrected chi connectivity index (χ4v) is 3.41. The Morgan fingerprint density at radius 2 is 1.20 bits per heavy atom. The van der Waals surface area contributed by atoms with Gasteiger partial charge in [0.2, 0.25) is 0 Å². The number of hydrogen-bond donors (Lipinski definition) is 0. The molecule has 5 aromatic rings. The molecule has 0 radical (unpaired) electrons. The van der Waals surface area contributed by atoms with E-state index in [4.69, 9.17) is 9.97 Å². The fourth-order valence-electron chi connectivity index (χ4n) is 3.41. The van der Waals surface area contributed by atoms with E-state index < -0.39 is 5.97 Å². The summed E-state index contributed by atoms with van der Waals surface area (Å²) in [7, 11) is 0. The highest BCUT2D eigenvalue weighted by Crippen LogP contribution is 2.33. The molecule has 118 valence electrons. The number of carbonyl (C=O) groups excluding carboxylic acids is 1. The average Bonchev–Trinajstić information content (AvgIpc) is 2.66. The van der Waals surface area contributed by atoms with E-state index in [0.29, 0.717) is 11.0 Å². The molecular formula is C21H11N2O2-. The summed E-state index contributed by atoms with van der Waals surface area (Å²) in [5, 5.41) is 15.4. The second-order valence-corrected chi connectivity index (χ2v) is 6.00. The minimum Gasteiger partial charge on any atom is -0.545 e. The first-order valence-corrected chi connectivity index (χ1v) is 7.95. The van der Waals surface area contributed by atoms with Crippen molar-refractivity contribution in [3.8, 4) is 0 Å². The van der Waals surface area contributed by atoms with Crippen molar-refractivity contribution in [2.24, 2.45) is 0 Å².